The molecule has 0 amide bonds. The molecule has 2 heterocycles. The van der Waals surface area contributed by atoms with Gasteiger partial charge >= 0.3 is 0 Å². The lowest BCUT2D eigenvalue weighted by atomic mass is 9.94. The first kappa shape index (κ1) is 23.7. The smallest absolute Gasteiger partial charge is 0.209 e. The topological polar surface area (TPSA) is 55.4 Å². The lowest BCUT2D eigenvalue weighted by Crippen LogP contribution is -1.93. The fraction of sp³-hybridized carbons (Fsp3) is 0. The number of fused-ring (bicyclic) bond motifs is 6. The maximum atomic E-state index is 4.82. The van der Waals surface area contributed by atoms with Crippen LogP contribution < -0.4 is 0 Å². The van der Waals surface area contributed by atoms with Crippen molar-refractivity contribution in [2.24, 2.45) is 9.98 Å². The van der Waals surface area contributed by atoms with E-state index in [1.165, 1.54) is 21.8 Å². The Kier molecular flexibility index (Phi) is 5.32. The van der Waals surface area contributed by atoms with Crippen molar-refractivity contribution in [3.05, 3.63) is 103 Å². The van der Waals surface area contributed by atoms with E-state index in [4.69, 9.17) is 34.4 Å². The van der Waals surface area contributed by atoms with Gasteiger partial charge in [0.1, 0.15) is 0 Å². The molecule has 0 unspecified atom stereocenters. The van der Waals surface area contributed by atoms with Gasteiger partial charge in [0, 0.05) is 33.0 Å². The van der Waals surface area contributed by atoms with Crippen LogP contribution in [0.1, 0.15) is 0 Å². The summed E-state index contributed by atoms with van der Waals surface area (Å²) >= 11 is 9.64. The lowest BCUT2D eigenvalue weighted by molar-refractivity contribution is 1.18. The molecule has 0 spiro atoms. The van der Waals surface area contributed by atoms with E-state index in [1.807, 2.05) is 0 Å². The molecular weight excluding hydrogens is 543 g/mol. The second-order valence-corrected chi connectivity index (χ2v) is 10.1. The number of aliphatic imine (C=N–C) groups is 2. The van der Waals surface area contributed by atoms with Crippen molar-refractivity contribution in [3.63, 3.8) is 0 Å². The van der Waals surface area contributed by atoms with Crippen LogP contribution in [0.15, 0.2) is 113 Å². The zero-order valence-corrected chi connectivity index (χ0v) is 23.0. The van der Waals surface area contributed by atoms with Gasteiger partial charge in [-0.05, 0) is 65.2 Å². The number of aromatic nitrogens is 3. The molecule has 1 aliphatic carbocycles. The van der Waals surface area contributed by atoms with Gasteiger partial charge in [-0.1, -0.05) is 78.9 Å². The first-order chi connectivity index (χ1) is 20.3. The van der Waals surface area contributed by atoms with E-state index in [0.29, 0.717) is 0 Å². The van der Waals surface area contributed by atoms with Gasteiger partial charge in [0.25, 0.3) is 0 Å². The second-order valence-electron chi connectivity index (χ2n) is 9.78. The van der Waals surface area contributed by atoms with E-state index in [1.54, 1.807) is 0 Å². The molecule has 0 saturated heterocycles. The van der Waals surface area contributed by atoms with Crippen LogP contribution in [-0.4, -0.2) is 24.9 Å². The third kappa shape index (κ3) is 3.48. The van der Waals surface area contributed by atoms with Crippen molar-refractivity contribution < 1.29 is 0 Å². The third-order valence-corrected chi connectivity index (χ3v) is 7.91. The molecule has 5 aromatic carbocycles. The molecule has 0 fully saturated rings. The SMILES string of the molecule is S=C=Nc1nc2c(nc1N=C=S)-c1ccc(-c3ccc(-n4c5ccccc5c5ccccc54)cc3)c3cccc-2c13. The first-order valence-electron chi connectivity index (χ1n) is 13.0. The van der Waals surface area contributed by atoms with Crippen LogP contribution in [-0.2, 0) is 0 Å². The summed E-state index contributed by atoms with van der Waals surface area (Å²) in [5, 5.41) is 9.47. The van der Waals surface area contributed by atoms with Crippen molar-refractivity contribution in [2.75, 3.05) is 0 Å². The van der Waals surface area contributed by atoms with E-state index in [2.05, 4.69) is 128 Å². The van der Waals surface area contributed by atoms with Crippen LogP contribution in [0.3, 0.4) is 0 Å². The molecule has 2 aromatic heterocycles. The molecule has 8 rings (SSSR count). The van der Waals surface area contributed by atoms with Gasteiger partial charge in [-0.15, -0.1) is 0 Å². The predicted octanol–water partition coefficient (Wildman–Crippen LogP) is 9.51. The fourth-order valence-corrected chi connectivity index (χ4v) is 6.25. The summed E-state index contributed by atoms with van der Waals surface area (Å²) in [4.78, 5) is 17.6. The molecule has 7 aromatic rings. The normalized spacial score (nSPS) is 11.4. The van der Waals surface area contributed by atoms with Crippen molar-refractivity contribution in [1.29, 1.82) is 0 Å². The third-order valence-electron chi connectivity index (χ3n) is 7.73. The van der Waals surface area contributed by atoms with Crippen molar-refractivity contribution in [2.45, 2.75) is 0 Å². The number of hydrogen-bond acceptors (Lipinski definition) is 6. The Balaban J connectivity index is 1.29. The zero-order valence-electron chi connectivity index (χ0n) is 21.4. The van der Waals surface area contributed by atoms with Crippen molar-refractivity contribution in [1.82, 2.24) is 14.5 Å². The average molecular weight is 560 g/mol. The number of thiocarbonyl (C=S) groups is 2. The summed E-state index contributed by atoms with van der Waals surface area (Å²) in [5.74, 6) is 0.559. The molecule has 0 radical (unpaired) electrons. The van der Waals surface area contributed by atoms with E-state index >= 15 is 0 Å². The van der Waals surface area contributed by atoms with Gasteiger partial charge in [0.15, 0.2) is 0 Å². The summed E-state index contributed by atoms with van der Waals surface area (Å²) in [5.41, 5.74) is 9.28. The summed E-state index contributed by atoms with van der Waals surface area (Å²) < 4.78 is 2.33. The second kappa shape index (κ2) is 9.20. The highest BCUT2D eigenvalue weighted by Crippen LogP contribution is 2.49. The number of benzene rings is 5. The summed E-state index contributed by atoms with van der Waals surface area (Å²) in [7, 11) is 0. The highest BCUT2D eigenvalue weighted by Gasteiger charge is 2.27. The Morgan fingerprint density at radius 3 is 1.68 bits per heavy atom. The molecular formula is C34H17N5S2. The zero-order chi connectivity index (χ0) is 27.5. The monoisotopic (exact) mass is 559 g/mol. The molecule has 0 atom stereocenters. The van der Waals surface area contributed by atoms with Gasteiger partial charge in [0.2, 0.25) is 11.6 Å². The van der Waals surface area contributed by atoms with Gasteiger partial charge in [-0.2, -0.15) is 9.98 Å². The molecule has 0 aliphatic heterocycles. The molecule has 7 heteroatoms. The van der Waals surface area contributed by atoms with Crippen LogP contribution >= 0.6 is 24.4 Å². The minimum absolute atomic E-state index is 0.279. The minimum Gasteiger partial charge on any atom is -0.309 e. The summed E-state index contributed by atoms with van der Waals surface area (Å²) in [6.07, 6.45) is 0. The molecule has 0 N–H and O–H groups in total. The van der Waals surface area contributed by atoms with Crippen LogP contribution in [0.4, 0.5) is 11.6 Å². The van der Waals surface area contributed by atoms with Crippen molar-refractivity contribution >= 4 is 79.0 Å². The van der Waals surface area contributed by atoms with E-state index < -0.39 is 0 Å². The van der Waals surface area contributed by atoms with Crippen LogP contribution in [0.25, 0.3) is 71.9 Å². The lowest BCUT2D eigenvalue weighted by Gasteiger charge is -2.12. The van der Waals surface area contributed by atoms with E-state index in [9.17, 15) is 0 Å². The number of para-hydroxylation sites is 2. The van der Waals surface area contributed by atoms with Crippen LogP contribution in [0.2, 0.25) is 0 Å². The molecule has 0 bridgehead atoms. The minimum atomic E-state index is 0.279. The predicted molar refractivity (Wildman–Crippen MR) is 173 cm³/mol. The summed E-state index contributed by atoms with van der Waals surface area (Å²) in [6.45, 7) is 0. The largest absolute Gasteiger partial charge is 0.309 e. The Labute approximate surface area is 245 Å². The highest BCUT2D eigenvalue weighted by molar-refractivity contribution is 7.78. The van der Waals surface area contributed by atoms with E-state index in [-0.39, 0.29) is 11.6 Å². The number of nitrogens with zero attached hydrogens (tertiary/aromatic N) is 5. The number of rotatable bonds is 4. The van der Waals surface area contributed by atoms with Crippen LogP contribution in [0, 0.1) is 0 Å². The maximum Gasteiger partial charge on any atom is 0.209 e. The van der Waals surface area contributed by atoms with Crippen molar-refractivity contribution in [3.8, 4) is 39.3 Å². The molecule has 5 nitrogen and oxygen atoms in total. The first-order valence-corrected chi connectivity index (χ1v) is 13.8. The number of isothiocyanates is 2. The average Bonchev–Trinajstić information content (AvgIpc) is 3.52. The molecule has 190 valence electrons. The molecule has 1 aliphatic rings. The van der Waals surface area contributed by atoms with Gasteiger partial charge in [-0.25, -0.2) is 9.97 Å². The number of hydrogen-bond donors (Lipinski definition) is 0. The molecule has 0 saturated carbocycles. The Hall–Kier alpha value is -5.16. The fourth-order valence-electron chi connectivity index (χ4n) is 6.07. The van der Waals surface area contributed by atoms with Gasteiger partial charge in [0.05, 0.1) is 32.7 Å². The highest BCUT2D eigenvalue weighted by atomic mass is 32.1. The Morgan fingerprint density at radius 2 is 1.07 bits per heavy atom. The van der Waals surface area contributed by atoms with Gasteiger partial charge in [-0.3, -0.25) is 0 Å². The van der Waals surface area contributed by atoms with Crippen LogP contribution in [0.5, 0.6) is 0 Å². The maximum absolute atomic E-state index is 4.82. The molecule has 41 heavy (non-hydrogen) atoms. The van der Waals surface area contributed by atoms with Gasteiger partial charge < -0.3 is 4.57 Å². The quantitative estimate of drug-likeness (QED) is 0.159. The summed E-state index contributed by atoms with van der Waals surface area (Å²) in [6, 6.07) is 36.4. The van der Waals surface area contributed by atoms with E-state index in [0.717, 1.165) is 50.1 Å². The Morgan fingerprint density at radius 1 is 0.537 bits per heavy atom. The Bertz CT molecular complexity index is 2220. The standard InChI is InChI=1S/C34H17N5S2/c40-18-35-33-34(36-19-41)38-32-27-17-16-22(25-8-5-9-26(30(25)27)31(32)37-33)20-12-14-21(15-13-20)39-28-10-3-1-6-23(28)24-7-2-4-11-29(24)39/h1-17H.